The first-order chi connectivity index (χ1) is 9.76. The fourth-order valence-electron chi connectivity index (χ4n) is 2.02. The van der Waals surface area contributed by atoms with Crippen LogP contribution in [0.15, 0.2) is 23.4 Å². The van der Waals surface area contributed by atoms with E-state index >= 15 is 0 Å². The monoisotopic (exact) mass is 292 g/mol. The lowest BCUT2D eigenvalue weighted by molar-refractivity contribution is 0.174. The number of thioether (sulfide) groups is 1. The SMILES string of the molecule is CNC(CSc1n[nH]c(C)n1)c1ccc2c(c1)OCO2. The number of aryl methyl sites for hydroxylation is 1. The normalized spacial score (nSPS) is 14.5. The second kappa shape index (κ2) is 5.72. The van der Waals surface area contributed by atoms with E-state index in [1.165, 1.54) is 0 Å². The third kappa shape index (κ3) is 2.73. The first kappa shape index (κ1) is 13.3. The van der Waals surface area contributed by atoms with E-state index in [9.17, 15) is 0 Å². The van der Waals surface area contributed by atoms with Gasteiger partial charge in [0.05, 0.1) is 0 Å². The Hall–Kier alpha value is -1.73. The minimum Gasteiger partial charge on any atom is -0.454 e. The number of H-pyrrole nitrogens is 1. The molecule has 0 bridgehead atoms. The zero-order valence-corrected chi connectivity index (χ0v) is 12.2. The molecule has 0 saturated heterocycles. The molecule has 1 aliphatic heterocycles. The van der Waals surface area contributed by atoms with E-state index in [0.717, 1.165) is 33.8 Å². The summed E-state index contributed by atoms with van der Waals surface area (Å²) in [6, 6.07) is 6.23. The van der Waals surface area contributed by atoms with Gasteiger partial charge in [-0.15, -0.1) is 5.10 Å². The molecule has 0 amide bonds. The van der Waals surface area contributed by atoms with Crippen LogP contribution in [0.2, 0.25) is 0 Å². The number of hydrogen-bond donors (Lipinski definition) is 2. The van der Waals surface area contributed by atoms with Gasteiger partial charge in [0.15, 0.2) is 11.5 Å². The highest BCUT2D eigenvalue weighted by molar-refractivity contribution is 7.99. The van der Waals surface area contributed by atoms with Crippen LogP contribution < -0.4 is 14.8 Å². The lowest BCUT2D eigenvalue weighted by Gasteiger charge is -2.15. The number of benzene rings is 1. The summed E-state index contributed by atoms with van der Waals surface area (Å²) in [6.45, 7) is 2.19. The van der Waals surface area contributed by atoms with Gasteiger partial charge in [-0.05, 0) is 31.7 Å². The summed E-state index contributed by atoms with van der Waals surface area (Å²) in [5, 5.41) is 11.0. The first-order valence-electron chi connectivity index (χ1n) is 6.35. The third-order valence-electron chi connectivity index (χ3n) is 3.10. The summed E-state index contributed by atoms with van der Waals surface area (Å²) in [7, 11) is 1.94. The van der Waals surface area contributed by atoms with E-state index in [2.05, 4.69) is 26.6 Å². The van der Waals surface area contributed by atoms with Crippen molar-refractivity contribution in [1.29, 1.82) is 0 Å². The van der Waals surface area contributed by atoms with Gasteiger partial charge >= 0.3 is 0 Å². The Morgan fingerprint density at radius 2 is 2.25 bits per heavy atom. The molecule has 7 heteroatoms. The zero-order chi connectivity index (χ0) is 13.9. The minimum absolute atomic E-state index is 0.202. The molecule has 20 heavy (non-hydrogen) atoms. The van der Waals surface area contributed by atoms with Crippen LogP contribution in [-0.2, 0) is 0 Å². The Bertz CT molecular complexity index is 602. The predicted molar refractivity (Wildman–Crippen MR) is 76.2 cm³/mol. The minimum atomic E-state index is 0.202. The molecule has 1 aromatic heterocycles. The topological polar surface area (TPSA) is 72.1 Å². The Kier molecular flexibility index (Phi) is 3.79. The lowest BCUT2D eigenvalue weighted by Crippen LogP contribution is -2.18. The number of hydrogen-bond acceptors (Lipinski definition) is 6. The van der Waals surface area contributed by atoms with Gasteiger partial charge in [-0.3, -0.25) is 5.10 Å². The van der Waals surface area contributed by atoms with Crippen molar-refractivity contribution >= 4 is 11.8 Å². The third-order valence-corrected chi connectivity index (χ3v) is 4.04. The number of nitrogens with one attached hydrogen (secondary N) is 2. The van der Waals surface area contributed by atoms with Crippen LogP contribution in [0, 0.1) is 6.92 Å². The van der Waals surface area contributed by atoms with Crippen molar-refractivity contribution in [2.75, 3.05) is 19.6 Å². The molecule has 0 aliphatic carbocycles. The molecule has 6 nitrogen and oxygen atoms in total. The summed E-state index contributed by atoms with van der Waals surface area (Å²) < 4.78 is 10.7. The molecule has 0 spiro atoms. The Balaban J connectivity index is 1.69. The van der Waals surface area contributed by atoms with Crippen LogP contribution >= 0.6 is 11.8 Å². The molecule has 0 fully saturated rings. The van der Waals surface area contributed by atoms with Gasteiger partial charge in [0, 0.05) is 11.8 Å². The standard InChI is InChI=1S/C13H16N4O2S/c1-8-15-13(17-16-8)20-6-10(14-2)9-3-4-11-12(5-9)19-7-18-11/h3-5,10,14H,6-7H2,1-2H3,(H,15,16,17). The first-order valence-corrected chi connectivity index (χ1v) is 7.33. The predicted octanol–water partition coefficient (Wildman–Crippen LogP) is 1.89. The van der Waals surface area contributed by atoms with Crippen LogP contribution in [0.1, 0.15) is 17.4 Å². The number of aromatic amines is 1. The van der Waals surface area contributed by atoms with E-state index in [-0.39, 0.29) is 6.04 Å². The maximum Gasteiger partial charge on any atom is 0.231 e. The van der Waals surface area contributed by atoms with Gasteiger partial charge in [-0.25, -0.2) is 4.98 Å². The van der Waals surface area contributed by atoms with Crippen LogP contribution in [-0.4, -0.2) is 34.8 Å². The molecule has 3 rings (SSSR count). The Morgan fingerprint density at radius 3 is 3.00 bits per heavy atom. The van der Waals surface area contributed by atoms with Crippen LogP contribution in [0.3, 0.4) is 0 Å². The Morgan fingerprint density at radius 1 is 1.40 bits per heavy atom. The van der Waals surface area contributed by atoms with Crippen LogP contribution in [0.5, 0.6) is 11.5 Å². The van der Waals surface area contributed by atoms with Gasteiger partial charge in [0.2, 0.25) is 11.9 Å². The molecule has 1 aliphatic rings. The summed E-state index contributed by atoms with van der Waals surface area (Å²) in [5.41, 5.74) is 1.16. The zero-order valence-electron chi connectivity index (χ0n) is 11.3. The van der Waals surface area contributed by atoms with Gasteiger partial charge in [-0.2, -0.15) is 0 Å². The van der Waals surface area contributed by atoms with E-state index < -0.39 is 0 Å². The van der Waals surface area contributed by atoms with Gasteiger partial charge in [0.1, 0.15) is 5.82 Å². The molecule has 1 aromatic carbocycles. The molecular weight excluding hydrogens is 276 g/mol. The van der Waals surface area contributed by atoms with Gasteiger partial charge < -0.3 is 14.8 Å². The quantitative estimate of drug-likeness (QED) is 0.820. The van der Waals surface area contributed by atoms with E-state index in [1.807, 2.05) is 26.1 Å². The summed E-state index contributed by atoms with van der Waals surface area (Å²) in [5.74, 6) is 3.28. The van der Waals surface area contributed by atoms with E-state index in [4.69, 9.17) is 9.47 Å². The lowest BCUT2D eigenvalue weighted by atomic mass is 10.1. The fraction of sp³-hybridized carbons (Fsp3) is 0.385. The fourth-order valence-corrected chi connectivity index (χ4v) is 3.01. The maximum absolute atomic E-state index is 5.41. The second-order valence-corrected chi connectivity index (χ2v) is 5.46. The van der Waals surface area contributed by atoms with Crippen molar-refractivity contribution in [3.05, 3.63) is 29.6 Å². The second-order valence-electron chi connectivity index (χ2n) is 4.47. The largest absolute Gasteiger partial charge is 0.454 e. The van der Waals surface area contributed by atoms with Gasteiger partial charge in [-0.1, -0.05) is 17.8 Å². The van der Waals surface area contributed by atoms with Crippen molar-refractivity contribution < 1.29 is 9.47 Å². The molecule has 1 atom stereocenters. The molecule has 0 saturated carbocycles. The van der Waals surface area contributed by atoms with E-state index in [1.54, 1.807) is 11.8 Å². The smallest absolute Gasteiger partial charge is 0.231 e. The summed E-state index contributed by atoms with van der Waals surface area (Å²) in [4.78, 5) is 4.29. The van der Waals surface area contributed by atoms with E-state index in [0.29, 0.717) is 6.79 Å². The summed E-state index contributed by atoms with van der Waals surface area (Å²) in [6.07, 6.45) is 0. The molecular formula is C13H16N4O2S. The maximum atomic E-state index is 5.41. The molecule has 2 aromatic rings. The molecule has 0 radical (unpaired) electrons. The number of fused-ring (bicyclic) bond motifs is 1. The highest BCUT2D eigenvalue weighted by atomic mass is 32.2. The summed E-state index contributed by atoms with van der Waals surface area (Å²) >= 11 is 1.61. The number of nitrogens with zero attached hydrogens (tertiary/aromatic N) is 2. The van der Waals surface area contributed by atoms with Crippen molar-refractivity contribution in [3.8, 4) is 11.5 Å². The highest BCUT2D eigenvalue weighted by Gasteiger charge is 2.17. The van der Waals surface area contributed by atoms with Crippen molar-refractivity contribution in [2.45, 2.75) is 18.1 Å². The van der Waals surface area contributed by atoms with Gasteiger partial charge in [0.25, 0.3) is 0 Å². The van der Waals surface area contributed by atoms with Crippen molar-refractivity contribution in [2.24, 2.45) is 0 Å². The highest BCUT2D eigenvalue weighted by Crippen LogP contribution is 2.35. The number of rotatable bonds is 5. The van der Waals surface area contributed by atoms with Crippen molar-refractivity contribution in [3.63, 3.8) is 0 Å². The number of aromatic nitrogens is 3. The molecule has 1 unspecified atom stereocenters. The molecule has 2 heterocycles. The van der Waals surface area contributed by atoms with Crippen LogP contribution in [0.4, 0.5) is 0 Å². The van der Waals surface area contributed by atoms with Crippen molar-refractivity contribution in [1.82, 2.24) is 20.5 Å². The molecule has 106 valence electrons. The number of ether oxygens (including phenoxy) is 2. The molecule has 2 N–H and O–H groups in total. The average Bonchev–Trinajstić information content (AvgIpc) is 3.07. The Labute approximate surface area is 121 Å². The average molecular weight is 292 g/mol. The van der Waals surface area contributed by atoms with Crippen LogP contribution in [0.25, 0.3) is 0 Å².